The van der Waals surface area contributed by atoms with Crippen LogP contribution in [0.15, 0.2) is 41.3 Å². The Morgan fingerprint density at radius 3 is 2.66 bits per heavy atom. The number of carbonyl (C=O) groups is 1. The van der Waals surface area contributed by atoms with Gasteiger partial charge in [0.25, 0.3) is 0 Å². The highest BCUT2D eigenvalue weighted by molar-refractivity contribution is 7.89. The quantitative estimate of drug-likeness (QED) is 0.684. The Hall–Kier alpha value is -2.17. The number of nitrogens with zero attached hydrogens (tertiary/aromatic N) is 2. The Balaban J connectivity index is 1.43. The van der Waals surface area contributed by atoms with Crippen LogP contribution in [0.1, 0.15) is 11.1 Å². The molecule has 0 unspecified atom stereocenters. The summed E-state index contributed by atoms with van der Waals surface area (Å²) in [6, 6.07) is 10.4. The highest BCUT2D eigenvalue weighted by Gasteiger charge is 2.27. The van der Waals surface area contributed by atoms with Gasteiger partial charge in [-0.1, -0.05) is 17.7 Å². The molecule has 0 radical (unpaired) electrons. The van der Waals surface area contributed by atoms with E-state index in [-0.39, 0.29) is 28.1 Å². The van der Waals surface area contributed by atoms with Crippen molar-refractivity contribution in [2.45, 2.75) is 17.9 Å². The number of halogens is 1. The third-order valence-electron chi connectivity index (χ3n) is 5.69. The molecule has 2 aromatic rings. The molecule has 0 aromatic heterocycles. The van der Waals surface area contributed by atoms with Gasteiger partial charge >= 0.3 is 0 Å². The molecule has 2 heterocycles. The average Bonchev–Trinajstić information content (AvgIpc) is 2.80. The van der Waals surface area contributed by atoms with Crippen LogP contribution in [0.5, 0.6) is 5.75 Å². The van der Waals surface area contributed by atoms with Crippen molar-refractivity contribution in [2.75, 3.05) is 51.8 Å². The van der Waals surface area contributed by atoms with Crippen molar-refractivity contribution < 1.29 is 22.7 Å². The van der Waals surface area contributed by atoms with E-state index in [1.54, 1.807) is 7.11 Å². The number of methoxy groups -OCH3 is 1. The summed E-state index contributed by atoms with van der Waals surface area (Å²) in [5, 5.41) is 3.06. The van der Waals surface area contributed by atoms with E-state index in [1.807, 2.05) is 17.0 Å². The molecule has 2 aliphatic heterocycles. The van der Waals surface area contributed by atoms with Crippen LogP contribution >= 0.6 is 11.6 Å². The molecule has 1 fully saturated rings. The molecule has 2 aromatic carbocycles. The molecule has 0 aliphatic carbocycles. The van der Waals surface area contributed by atoms with Gasteiger partial charge in [-0.3, -0.25) is 9.69 Å². The summed E-state index contributed by atoms with van der Waals surface area (Å²) >= 11 is 6.25. The van der Waals surface area contributed by atoms with Crippen LogP contribution in [0.2, 0.25) is 5.02 Å². The normalized spacial score (nSPS) is 17.6. The zero-order chi connectivity index (χ0) is 22.7. The van der Waals surface area contributed by atoms with Crippen LogP contribution in [-0.2, 0) is 32.5 Å². The first-order valence-corrected chi connectivity index (χ1v) is 12.2. The van der Waals surface area contributed by atoms with Crippen LogP contribution in [-0.4, -0.2) is 70.0 Å². The van der Waals surface area contributed by atoms with Crippen molar-refractivity contribution in [3.63, 3.8) is 0 Å². The highest BCUT2D eigenvalue weighted by atomic mass is 35.5. The topological polar surface area (TPSA) is 88.2 Å². The summed E-state index contributed by atoms with van der Waals surface area (Å²) in [4.78, 5) is 14.9. The van der Waals surface area contributed by atoms with Gasteiger partial charge in [0.15, 0.2) is 0 Å². The second-order valence-corrected chi connectivity index (χ2v) is 10.1. The minimum Gasteiger partial charge on any atom is -0.497 e. The first-order valence-electron chi connectivity index (χ1n) is 10.4. The SMILES string of the molecule is COc1ccc2c(c1)CN(CC(=O)Nc1cc(S(=O)(=O)N3CCOCC3)ccc1Cl)CC2. The lowest BCUT2D eigenvalue weighted by atomic mass is 9.99. The van der Waals surface area contributed by atoms with E-state index in [1.165, 1.54) is 28.1 Å². The van der Waals surface area contributed by atoms with E-state index >= 15 is 0 Å². The van der Waals surface area contributed by atoms with Gasteiger partial charge in [0.05, 0.1) is 42.5 Å². The summed E-state index contributed by atoms with van der Waals surface area (Å²) in [6.45, 7) is 2.89. The number of sulfonamides is 1. The lowest BCUT2D eigenvalue weighted by molar-refractivity contribution is -0.117. The fourth-order valence-corrected chi connectivity index (χ4v) is 5.54. The number of ether oxygens (including phenoxy) is 2. The summed E-state index contributed by atoms with van der Waals surface area (Å²) in [5.41, 5.74) is 2.68. The second-order valence-electron chi connectivity index (χ2n) is 7.80. The minimum absolute atomic E-state index is 0.0955. The number of hydrogen-bond acceptors (Lipinski definition) is 6. The second kappa shape index (κ2) is 9.76. The monoisotopic (exact) mass is 479 g/mol. The molecular formula is C22H26ClN3O5S. The van der Waals surface area contributed by atoms with Gasteiger partial charge in [0, 0.05) is 26.2 Å². The number of hydrogen-bond donors (Lipinski definition) is 1. The Kier molecular flexibility index (Phi) is 7.02. The Morgan fingerprint density at radius 1 is 1.12 bits per heavy atom. The Labute approximate surface area is 193 Å². The fourth-order valence-electron chi connectivity index (χ4n) is 3.94. The molecular weight excluding hydrogens is 454 g/mol. The molecule has 1 N–H and O–H groups in total. The molecule has 0 saturated carbocycles. The lowest BCUT2D eigenvalue weighted by Gasteiger charge is -2.28. The molecule has 1 amide bonds. The molecule has 172 valence electrons. The molecule has 0 atom stereocenters. The van der Waals surface area contributed by atoms with Crippen LogP contribution in [0.4, 0.5) is 5.69 Å². The summed E-state index contributed by atoms with van der Waals surface area (Å²) in [5.74, 6) is 0.541. The fraction of sp³-hybridized carbons (Fsp3) is 0.409. The van der Waals surface area contributed by atoms with Crippen molar-refractivity contribution in [1.82, 2.24) is 9.21 Å². The van der Waals surface area contributed by atoms with Gasteiger partial charge in [-0.25, -0.2) is 8.42 Å². The summed E-state index contributed by atoms with van der Waals surface area (Å²) in [7, 11) is -2.05. The van der Waals surface area contributed by atoms with Crippen LogP contribution in [0.25, 0.3) is 0 Å². The van der Waals surface area contributed by atoms with Crippen molar-refractivity contribution in [3.8, 4) is 5.75 Å². The number of benzene rings is 2. The molecule has 32 heavy (non-hydrogen) atoms. The predicted molar refractivity (Wildman–Crippen MR) is 122 cm³/mol. The molecule has 0 spiro atoms. The van der Waals surface area contributed by atoms with Crippen LogP contribution in [0, 0.1) is 0 Å². The lowest BCUT2D eigenvalue weighted by Crippen LogP contribution is -2.40. The number of carbonyl (C=O) groups excluding carboxylic acids is 1. The van der Waals surface area contributed by atoms with E-state index in [0.717, 1.165) is 24.3 Å². The van der Waals surface area contributed by atoms with E-state index in [4.69, 9.17) is 21.1 Å². The first kappa shape index (κ1) is 23.0. The van der Waals surface area contributed by atoms with Gasteiger partial charge in [0.2, 0.25) is 15.9 Å². The third kappa shape index (κ3) is 5.07. The molecule has 2 aliphatic rings. The number of nitrogens with one attached hydrogen (secondary N) is 1. The maximum absolute atomic E-state index is 12.9. The Bertz CT molecular complexity index is 1100. The predicted octanol–water partition coefficient (Wildman–Crippen LogP) is 2.37. The van der Waals surface area contributed by atoms with Gasteiger partial charge in [-0.2, -0.15) is 4.31 Å². The largest absolute Gasteiger partial charge is 0.497 e. The molecule has 8 nitrogen and oxygen atoms in total. The number of anilines is 1. The molecule has 10 heteroatoms. The molecule has 4 rings (SSSR count). The maximum atomic E-state index is 12.9. The maximum Gasteiger partial charge on any atom is 0.243 e. The first-order chi connectivity index (χ1) is 15.4. The van der Waals surface area contributed by atoms with Gasteiger partial charge in [-0.15, -0.1) is 0 Å². The average molecular weight is 480 g/mol. The number of morpholine rings is 1. The zero-order valence-corrected chi connectivity index (χ0v) is 19.4. The van der Waals surface area contributed by atoms with Crippen molar-refractivity contribution in [1.29, 1.82) is 0 Å². The highest BCUT2D eigenvalue weighted by Crippen LogP contribution is 2.28. The van der Waals surface area contributed by atoms with Crippen LogP contribution in [0.3, 0.4) is 0 Å². The van der Waals surface area contributed by atoms with Crippen molar-refractivity contribution >= 4 is 33.2 Å². The smallest absolute Gasteiger partial charge is 0.243 e. The van der Waals surface area contributed by atoms with Gasteiger partial charge in [-0.05, 0) is 47.9 Å². The standard InChI is InChI=1S/C22H26ClN3O5S/c1-30-18-3-2-16-6-7-25(14-17(16)12-18)15-22(27)24-21-13-19(4-5-20(21)23)32(28,29)26-8-10-31-11-9-26/h2-5,12-13H,6-11,14-15H2,1H3,(H,24,27). The third-order valence-corrected chi connectivity index (χ3v) is 7.92. The van der Waals surface area contributed by atoms with Gasteiger partial charge < -0.3 is 14.8 Å². The summed E-state index contributed by atoms with van der Waals surface area (Å²) in [6.07, 6.45) is 0.848. The number of fused-ring (bicyclic) bond motifs is 1. The summed E-state index contributed by atoms with van der Waals surface area (Å²) < 4.78 is 37.8. The number of amides is 1. The van der Waals surface area contributed by atoms with Gasteiger partial charge in [0.1, 0.15) is 5.75 Å². The van der Waals surface area contributed by atoms with E-state index in [2.05, 4.69) is 11.4 Å². The van der Waals surface area contributed by atoms with Crippen molar-refractivity contribution in [2.24, 2.45) is 0 Å². The van der Waals surface area contributed by atoms with Crippen molar-refractivity contribution in [3.05, 3.63) is 52.5 Å². The molecule has 1 saturated heterocycles. The van der Waals surface area contributed by atoms with E-state index in [9.17, 15) is 13.2 Å². The minimum atomic E-state index is -3.68. The van der Waals surface area contributed by atoms with E-state index in [0.29, 0.717) is 32.8 Å². The van der Waals surface area contributed by atoms with E-state index < -0.39 is 10.0 Å². The zero-order valence-electron chi connectivity index (χ0n) is 17.8. The number of rotatable bonds is 6. The van der Waals surface area contributed by atoms with Crippen LogP contribution < -0.4 is 10.1 Å². The Morgan fingerprint density at radius 2 is 1.91 bits per heavy atom. The molecule has 0 bridgehead atoms.